The molecule has 3 aromatic rings. The number of carbonyl (C=O) groups excluding carboxylic acids is 1. The molecule has 27 heavy (non-hydrogen) atoms. The van der Waals surface area contributed by atoms with Crippen molar-refractivity contribution in [1.29, 1.82) is 0 Å². The number of benzene rings is 1. The van der Waals surface area contributed by atoms with Crippen molar-refractivity contribution in [3.8, 4) is 0 Å². The van der Waals surface area contributed by atoms with E-state index in [1.54, 1.807) is 4.52 Å². The third-order valence-corrected chi connectivity index (χ3v) is 4.92. The number of aromatic nitrogens is 4. The van der Waals surface area contributed by atoms with Gasteiger partial charge in [0.1, 0.15) is 5.82 Å². The summed E-state index contributed by atoms with van der Waals surface area (Å²) in [6.45, 7) is 2.46. The largest absolute Gasteiger partial charge is 0.365 e. The standard InChI is InChI=1S/C20H24N6O/c27-20(25-13-5-2-6-14-25)12-11-19-23-22-18-10-9-17(24-26(18)19)21-15-16-7-3-1-4-8-16/h1,3-4,7-10H,2,5-6,11-15H2,(H,21,24). The molecule has 3 heterocycles. The molecular formula is C20H24N6O. The van der Waals surface area contributed by atoms with E-state index in [2.05, 4.69) is 32.7 Å². The molecule has 1 amide bonds. The van der Waals surface area contributed by atoms with Crippen LogP contribution in [0.15, 0.2) is 42.5 Å². The molecule has 0 aliphatic carbocycles. The third-order valence-electron chi connectivity index (χ3n) is 4.92. The van der Waals surface area contributed by atoms with Gasteiger partial charge >= 0.3 is 0 Å². The van der Waals surface area contributed by atoms with Crippen LogP contribution in [-0.4, -0.2) is 43.7 Å². The summed E-state index contributed by atoms with van der Waals surface area (Å²) < 4.78 is 1.73. The van der Waals surface area contributed by atoms with Gasteiger partial charge in [-0.15, -0.1) is 15.3 Å². The molecule has 1 aliphatic heterocycles. The summed E-state index contributed by atoms with van der Waals surface area (Å²) in [7, 11) is 0. The highest BCUT2D eigenvalue weighted by atomic mass is 16.2. The van der Waals surface area contributed by atoms with Crippen LogP contribution in [0.1, 0.15) is 37.1 Å². The lowest BCUT2D eigenvalue weighted by atomic mass is 10.1. The number of aryl methyl sites for hydroxylation is 1. The number of carbonyl (C=O) groups is 1. The first-order chi connectivity index (χ1) is 13.3. The van der Waals surface area contributed by atoms with E-state index in [-0.39, 0.29) is 5.91 Å². The van der Waals surface area contributed by atoms with E-state index in [1.165, 1.54) is 12.0 Å². The monoisotopic (exact) mass is 364 g/mol. The van der Waals surface area contributed by atoms with Gasteiger partial charge in [-0.1, -0.05) is 30.3 Å². The Morgan fingerprint density at radius 3 is 2.63 bits per heavy atom. The Morgan fingerprint density at radius 1 is 1.00 bits per heavy atom. The molecular weight excluding hydrogens is 340 g/mol. The van der Waals surface area contributed by atoms with Gasteiger partial charge in [0.25, 0.3) is 0 Å². The van der Waals surface area contributed by atoms with Crippen LogP contribution in [0.3, 0.4) is 0 Å². The minimum absolute atomic E-state index is 0.199. The first-order valence-electron chi connectivity index (χ1n) is 9.56. The molecule has 7 heteroatoms. The highest BCUT2D eigenvalue weighted by Crippen LogP contribution is 2.13. The third kappa shape index (κ3) is 4.24. The van der Waals surface area contributed by atoms with E-state index in [9.17, 15) is 4.79 Å². The number of piperidine rings is 1. The van der Waals surface area contributed by atoms with Crippen LogP contribution in [0, 0.1) is 0 Å². The predicted octanol–water partition coefficient (Wildman–Crippen LogP) is 2.68. The molecule has 0 radical (unpaired) electrons. The molecule has 1 fully saturated rings. The number of fused-ring (bicyclic) bond motifs is 1. The highest BCUT2D eigenvalue weighted by Gasteiger charge is 2.17. The van der Waals surface area contributed by atoms with E-state index in [0.717, 1.165) is 37.6 Å². The molecule has 7 nitrogen and oxygen atoms in total. The zero-order valence-corrected chi connectivity index (χ0v) is 15.3. The van der Waals surface area contributed by atoms with Gasteiger partial charge in [0.2, 0.25) is 5.91 Å². The second-order valence-electron chi connectivity index (χ2n) is 6.89. The number of hydrogen-bond acceptors (Lipinski definition) is 5. The van der Waals surface area contributed by atoms with Crippen LogP contribution in [0.5, 0.6) is 0 Å². The fraction of sp³-hybridized carbons (Fsp3) is 0.400. The van der Waals surface area contributed by atoms with Gasteiger partial charge in [-0.05, 0) is 37.0 Å². The molecule has 0 unspecified atom stereocenters. The topological polar surface area (TPSA) is 75.4 Å². The van der Waals surface area contributed by atoms with Gasteiger partial charge in [-0.25, -0.2) is 0 Å². The number of likely N-dealkylation sites (tertiary alicyclic amines) is 1. The van der Waals surface area contributed by atoms with Crippen molar-refractivity contribution >= 4 is 17.4 Å². The second kappa shape index (κ2) is 8.16. The van der Waals surface area contributed by atoms with Gasteiger partial charge in [0.15, 0.2) is 11.5 Å². The fourth-order valence-electron chi connectivity index (χ4n) is 3.39. The summed E-state index contributed by atoms with van der Waals surface area (Å²) in [5.41, 5.74) is 1.89. The zero-order valence-electron chi connectivity index (χ0n) is 15.3. The number of nitrogens with zero attached hydrogens (tertiary/aromatic N) is 5. The summed E-state index contributed by atoms with van der Waals surface area (Å²) in [6, 6.07) is 14.0. The smallest absolute Gasteiger partial charge is 0.223 e. The van der Waals surface area contributed by atoms with Gasteiger partial charge < -0.3 is 10.2 Å². The van der Waals surface area contributed by atoms with Crippen LogP contribution in [0.4, 0.5) is 5.82 Å². The quantitative estimate of drug-likeness (QED) is 0.728. The van der Waals surface area contributed by atoms with Crippen molar-refractivity contribution < 1.29 is 4.79 Å². The first-order valence-corrected chi connectivity index (χ1v) is 9.56. The lowest BCUT2D eigenvalue weighted by Crippen LogP contribution is -2.35. The van der Waals surface area contributed by atoms with Crippen molar-refractivity contribution in [3.63, 3.8) is 0 Å². The van der Waals surface area contributed by atoms with Crippen LogP contribution in [0.2, 0.25) is 0 Å². The highest BCUT2D eigenvalue weighted by molar-refractivity contribution is 5.76. The van der Waals surface area contributed by atoms with Gasteiger partial charge in [0, 0.05) is 32.5 Å². The lowest BCUT2D eigenvalue weighted by Gasteiger charge is -2.26. The molecule has 1 aliphatic rings. The Labute approximate surface area is 158 Å². The predicted molar refractivity (Wildman–Crippen MR) is 103 cm³/mol. The molecule has 1 N–H and O–H groups in total. The summed E-state index contributed by atoms with van der Waals surface area (Å²) in [4.78, 5) is 14.4. The van der Waals surface area contributed by atoms with Crippen molar-refractivity contribution in [2.45, 2.75) is 38.6 Å². The second-order valence-corrected chi connectivity index (χ2v) is 6.89. The Balaban J connectivity index is 1.41. The molecule has 0 bridgehead atoms. The molecule has 0 spiro atoms. The number of anilines is 1. The summed E-state index contributed by atoms with van der Waals surface area (Å²) in [6.07, 6.45) is 4.44. The molecule has 140 valence electrons. The normalized spacial score (nSPS) is 14.4. The van der Waals surface area contributed by atoms with Crippen molar-refractivity contribution in [2.24, 2.45) is 0 Å². The number of amides is 1. The fourth-order valence-corrected chi connectivity index (χ4v) is 3.39. The van der Waals surface area contributed by atoms with E-state index in [1.807, 2.05) is 35.2 Å². The number of hydrogen-bond donors (Lipinski definition) is 1. The minimum atomic E-state index is 0.199. The lowest BCUT2D eigenvalue weighted by molar-refractivity contribution is -0.132. The molecule has 4 rings (SSSR count). The van der Waals surface area contributed by atoms with Crippen molar-refractivity contribution in [2.75, 3.05) is 18.4 Å². The SMILES string of the molecule is O=C(CCc1nnc2ccc(NCc3ccccc3)nn12)N1CCCCC1. The minimum Gasteiger partial charge on any atom is -0.365 e. The molecule has 2 aromatic heterocycles. The Bertz CT molecular complexity index is 901. The van der Waals surface area contributed by atoms with Crippen molar-refractivity contribution in [1.82, 2.24) is 24.7 Å². The Hall–Kier alpha value is -2.96. The van der Waals surface area contributed by atoms with E-state index in [0.29, 0.717) is 25.0 Å². The van der Waals surface area contributed by atoms with Crippen LogP contribution in [-0.2, 0) is 17.8 Å². The Kier molecular flexibility index (Phi) is 5.27. The van der Waals surface area contributed by atoms with E-state index < -0.39 is 0 Å². The zero-order chi connectivity index (χ0) is 18.5. The van der Waals surface area contributed by atoms with Gasteiger partial charge in [0.05, 0.1) is 0 Å². The molecule has 0 saturated carbocycles. The average Bonchev–Trinajstić information content (AvgIpc) is 3.14. The molecule has 0 atom stereocenters. The maximum Gasteiger partial charge on any atom is 0.223 e. The average molecular weight is 364 g/mol. The van der Waals surface area contributed by atoms with Gasteiger partial charge in [-0.3, -0.25) is 4.79 Å². The summed E-state index contributed by atoms with van der Waals surface area (Å²) in [5.74, 6) is 1.68. The summed E-state index contributed by atoms with van der Waals surface area (Å²) in [5, 5.41) is 16.3. The first kappa shape index (κ1) is 17.5. The van der Waals surface area contributed by atoms with E-state index in [4.69, 9.17) is 0 Å². The molecule has 1 aromatic carbocycles. The van der Waals surface area contributed by atoms with Crippen molar-refractivity contribution in [3.05, 3.63) is 53.9 Å². The number of rotatable bonds is 6. The Morgan fingerprint density at radius 2 is 1.81 bits per heavy atom. The maximum atomic E-state index is 12.4. The van der Waals surface area contributed by atoms with Crippen LogP contribution < -0.4 is 5.32 Å². The van der Waals surface area contributed by atoms with Crippen LogP contribution >= 0.6 is 0 Å². The number of nitrogens with one attached hydrogen (secondary N) is 1. The van der Waals surface area contributed by atoms with Gasteiger partial charge in [-0.2, -0.15) is 4.52 Å². The van der Waals surface area contributed by atoms with Crippen LogP contribution in [0.25, 0.3) is 5.65 Å². The summed E-state index contributed by atoms with van der Waals surface area (Å²) >= 11 is 0. The molecule has 1 saturated heterocycles. The maximum absolute atomic E-state index is 12.4. The van der Waals surface area contributed by atoms with E-state index >= 15 is 0 Å².